The highest BCUT2D eigenvalue weighted by Gasteiger charge is 2.42. The van der Waals surface area contributed by atoms with Gasteiger partial charge in [-0.2, -0.15) is 0 Å². The van der Waals surface area contributed by atoms with Crippen molar-refractivity contribution in [2.24, 2.45) is 0 Å². The van der Waals surface area contributed by atoms with Crippen molar-refractivity contribution in [1.29, 1.82) is 0 Å². The molecule has 0 saturated carbocycles. The molecule has 2 aliphatic heterocycles. The fourth-order valence-corrected chi connectivity index (χ4v) is 3.42. The lowest BCUT2D eigenvalue weighted by atomic mass is 9.85. The maximum absolute atomic E-state index is 5.61. The number of benzene rings is 1. The van der Waals surface area contributed by atoms with Crippen molar-refractivity contribution in [1.82, 2.24) is 10.2 Å². The second kappa shape index (κ2) is 5.23. The van der Waals surface area contributed by atoms with Gasteiger partial charge in [-0.3, -0.25) is 4.90 Å². The van der Waals surface area contributed by atoms with Gasteiger partial charge in [-0.25, -0.2) is 0 Å². The minimum atomic E-state index is 0.0755. The molecular weight excluding hydrogens is 236 g/mol. The number of nitrogens with one attached hydrogen (secondary N) is 1. The third-order valence-corrected chi connectivity index (χ3v) is 4.64. The van der Waals surface area contributed by atoms with Gasteiger partial charge in [0.15, 0.2) is 0 Å². The molecule has 2 aliphatic rings. The van der Waals surface area contributed by atoms with Crippen molar-refractivity contribution in [3.8, 4) is 0 Å². The van der Waals surface area contributed by atoms with Crippen LogP contribution in [0.1, 0.15) is 25.8 Å². The summed E-state index contributed by atoms with van der Waals surface area (Å²) in [5, 5.41) is 3.64. The summed E-state index contributed by atoms with van der Waals surface area (Å²) >= 11 is 0. The molecule has 1 aromatic rings. The summed E-state index contributed by atoms with van der Waals surface area (Å²) in [6.07, 6.45) is 1.16. The lowest BCUT2D eigenvalue weighted by molar-refractivity contribution is 0.00853. The van der Waals surface area contributed by atoms with Crippen LogP contribution in [0.5, 0.6) is 0 Å². The molecule has 1 N–H and O–H groups in total. The van der Waals surface area contributed by atoms with Crippen molar-refractivity contribution >= 4 is 0 Å². The van der Waals surface area contributed by atoms with Crippen molar-refractivity contribution in [3.05, 3.63) is 35.9 Å². The van der Waals surface area contributed by atoms with Gasteiger partial charge in [0.25, 0.3) is 0 Å². The van der Waals surface area contributed by atoms with E-state index in [0.29, 0.717) is 12.1 Å². The van der Waals surface area contributed by atoms with E-state index in [-0.39, 0.29) is 5.54 Å². The highest BCUT2D eigenvalue weighted by atomic mass is 16.5. The van der Waals surface area contributed by atoms with Crippen LogP contribution in [0.25, 0.3) is 0 Å². The van der Waals surface area contributed by atoms with Crippen molar-refractivity contribution in [3.63, 3.8) is 0 Å². The van der Waals surface area contributed by atoms with E-state index in [1.54, 1.807) is 0 Å². The maximum atomic E-state index is 5.61. The van der Waals surface area contributed by atoms with Crippen LogP contribution in [0.2, 0.25) is 0 Å². The zero-order valence-corrected chi connectivity index (χ0v) is 11.9. The SMILES string of the molecule is CC1CN(C2CCOC2)C(C)(c2ccccc2)CN1. The van der Waals surface area contributed by atoms with Gasteiger partial charge in [-0.1, -0.05) is 30.3 Å². The Labute approximate surface area is 115 Å². The first-order valence-electron chi connectivity index (χ1n) is 7.33. The summed E-state index contributed by atoms with van der Waals surface area (Å²) in [5.74, 6) is 0. The Morgan fingerprint density at radius 1 is 1.32 bits per heavy atom. The van der Waals surface area contributed by atoms with Crippen LogP contribution >= 0.6 is 0 Å². The normalized spacial score (nSPS) is 36.5. The topological polar surface area (TPSA) is 24.5 Å². The van der Waals surface area contributed by atoms with Crippen LogP contribution in [0, 0.1) is 0 Å². The summed E-state index contributed by atoms with van der Waals surface area (Å²) in [6.45, 7) is 8.53. The van der Waals surface area contributed by atoms with Gasteiger partial charge in [0.05, 0.1) is 12.1 Å². The van der Waals surface area contributed by atoms with E-state index >= 15 is 0 Å². The summed E-state index contributed by atoms with van der Waals surface area (Å²) in [7, 11) is 0. The fourth-order valence-electron chi connectivity index (χ4n) is 3.42. The number of rotatable bonds is 2. The van der Waals surface area contributed by atoms with Gasteiger partial charge in [0, 0.05) is 31.8 Å². The molecule has 0 amide bonds. The molecule has 3 unspecified atom stereocenters. The van der Waals surface area contributed by atoms with Gasteiger partial charge >= 0.3 is 0 Å². The van der Waals surface area contributed by atoms with Gasteiger partial charge in [-0.05, 0) is 25.8 Å². The number of ether oxygens (including phenoxy) is 1. The Bertz CT molecular complexity index is 416. The molecule has 0 aliphatic carbocycles. The smallest absolute Gasteiger partial charge is 0.0623 e. The number of hydrogen-bond donors (Lipinski definition) is 1. The number of nitrogens with zero attached hydrogens (tertiary/aromatic N) is 1. The average molecular weight is 260 g/mol. The molecule has 19 heavy (non-hydrogen) atoms. The molecule has 0 bridgehead atoms. The summed E-state index contributed by atoms with van der Waals surface area (Å²) in [5.41, 5.74) is 1.48. The quantitative estimate of drug-likeness (QED) is 0.880. The van der Waals surface area contributed by atoms with Crippen molar-refractivity contribution < 1.29 is 4.74 Å². The molecule has 0 spiro atoms. The minimum absolute atomic E-state index is 0.0755. The average Bonchev–Trinajstić information content (AvgIpc) is 2.96. The van der Waals surface area contributed by atoms with Crippen LogP contribution in [0.3, 0.4) is 0 Å². The van der Waals surface area contributed by atoms with Gasteiger partial charge < -0.3 is 10.1 Å². The molecule has 3 nitrogen and oxygen atoms in total. The predicted molar refractivity (Wildman–Crippen MR) is 77.2 cm³/mol. The largest absolute Gasteiger partial charge is 0.380 e. The first-order chi connectivity index (χ1) is 9.20. The predicted octanol–water partition coefficient (Wildman–Crippen LogP) is 1.98. The van der Waals surface area contributed by atoms with E-state index in [1.807, 2.05) is 0 Å². The zero-order chi connectivity index (χ0) is 13.3. The van der Waals surface area contributed by atoms with E-state index in [4.69, 9.17) is 4.74 Å². The first-order valence-corrected chi connectivity index (χ1v) is 7.33. The van der Waals surface area contributed by atoms with Crippen molar-refractivity contribution in [2.75, 3.05) is 26.3 Å². The molecule has 2 saturated heterocycles. The number of hydrogen-bond acceptors (Lipinski definition) is 3. The summed E-state index contributed by atoms with van der Waals surface area (Å²) < 4.78 is 5.61. The van der Waals surface area contributed by atoms with E-state index in [0.717, 1.165) is 32.7 Å². The molecule has 3 heteroatoms. The van der Waals surface area contributed by atoms with E-state index in [9.17, 15) is 0 Å². The minimum Gasteiger partial charge on any atom is -0.380 e. The Hall–Kier alpha value is -0.900. The Balaban J connectivity index is 1.91. The van der Waals surface area contributed by atoms with Crippen LogP contribution in [-0.4, -0.2) is 43.3 Å². The monoisotopic (exact) mass is 260 g/mol. The lowest BCUT2D eigenvalue weighted by Gasteiger charge is -2.50. The van der Waals surface area contributed by atoms with Gasteiger partial charge in [-0.15, -0.1) is 0 Å². The van der Waals surface area contributed by atoms with Crippen molar-refractivity contribution in [2.45, 2.75) is 37.9 Å². The summed E-state index contributed by atoms with van der Waals surface area (Å²) in [6, 6.07) is 12.0. The highest BCUT2D eigenvalue weighted by molar-refractivity contribution is 5.26. The first kappa shape index (κ1) is 13.1. The van der Waals surface area contributed by atoms with Crippen LogP contribution in [0.15, 0.2) is 30.3 Å². The molecule has 0 aromatic heterocycles. The molecule has 2 fully saturated rings. The van der Waals surface area contributed by atoms with Crippen LogP contribution in [-0.2, 0) is 10.3 Å². The van der Waals surface area contributed by atoms with E-state index in [2.05, 4.69) is 54.4 Å². The Morgan fingerprint density at radius 2 is 2.11 bits per heavy atom. The third-order valence-electron chi connectivity index (χ3n) is 4.64. The van der Waals surface area contributed by atoms with Crippen LogP contribution < -0.4 is 5.32 Å². The zero-order valence-electron chi connectivity index (χ0n) is 11.9. The molecular formula is C16H24N2O. The number of piperazine rings is 1. The highest BCUT2D eigenvalue weighted by Crippen LogP contribution is 2.34. The Morgan fingerprint density at radius 3 is 2.79 bits per heavy atom. The van der Waals surface area contributed by atoms with Gasteiger partial charge in [0.1, 0.15) is 0 Å². The Kier molecular flexibility index (Phi) is 3.61. The molecule has 3 atom stereocenters. The molecule has 1 aromatic carbocycles. The fraction of sp³-hybridized carbons (Fsp3) is 0.625. The summed E-state index contributed by atoms with van der Waals surface area (Å²) in [4.78, 5) is 2.66. The molecule has 0 radical (unpaired) electrons. The second-order valence-corrected chi connectivity index (χ2v) is 6.09. The lowest BCUT2D eigenvalue weighted by Crippen LogP contribution is -2.63. The molecule has 104 valence electrons. The standard InChI is InChI=1S/C16H24N2O/c1-13-10-18(15-8-9-19-11-15)16(2,12-17-13)14-6-4-3-5-7-14/h3-7,13,15,17H,8-12H2,1-2H3. The van der Waals surface area contributed by atoms with E-state index in [1.165, 1.54) is 5.56 Å². The second-order valence-electron chi connectivity index (χ2n) is 6.09. The molecule has 3 rings (SSSR count). The van der Waals surface area contributed by atoms with E-state index < -0.39 is 0 Å². The van der Waals surface area contributed by atoms with Gasteiger partial charge in [0.2, 0.25) is 0 Å². The molecule has 2 heterocycles. The third kappa shape index (κ3) is 2.42. The van der Waals surface area contributed by atoms with Crippen LogP contribution in [0.4, 0.5) is 0 Å². The maximum Gasteiger partial charge on any atom is 0.0623 e.